The van der Waals surface area contributed by atoms with Crippen LogP contribution in [0, 0.1) is 11.3 Å². The van der Waals surface area contributed by atoms with Gasteiger partial charge in [-0.1, -0.05) is 27.7 Å². The molecule has 0 saturated heterocycles. The van der Waals surface area contributed by atoms with Crippen molar-refractivity contribution in [1.29, 1.82) is 0 Å². The Hall–Kier alpha value is -0.120. The Morgan fingerprint density at radius 3 is 2.26 bits per heavy atom. The summed E-state index contributed by atoms with van der Waals surface area (Å²) in [6.07, 6.45) is 3.92. The molecule has 1 aliphatic carbocycles. The van der Waals surface area contributed by atoms with E-state index < -0.39 is 5.79 Å². The maximum Gasteiger partial charge on any atom is 0.202 e. The largest absolute Gasteiger partial charge is 0.348 e. The maximum absolute atomic E-state index is 5.97. The summed E-state index contributed by atoms with van der Waals surface area (Å²) in [4.78, 5) is 11.5. The van der Waals surface area contributed by atoms with Gasteiger partial charge >= 0.3 is 0 Å². The average Bonchev–Trinajstić information content (AvgIpc) is 2.24. The van der Waals surface area contributed by atoms with Crippen LogP contribution in [-0.4, -0.2) is 18.0 Å². The minimum atomic E-state index is -0.581. The molecule has 19 heavy (non-hydrogen) atoms. The predicted octanol–water partition coefficient (Wildman–Crippen LogP) is 4.70. The number of rotatable bonds is 6. The topological polar surface area (TPSA) is 27.7 Å². The van der Waals surface area contributed by atoms with E-state index in [0.29, 0.717) is 12.5 Å². The summed E-state index contributed by atoms with van der Waals surface area (Å²) in [6.45, 7) is 15.7. The van der Waals surface area contributed by atoms with Gasteiger partial charge in [-0.25, -0.2) is 9.78 Å². The van der Waals surface area contributed by atoms with Crippen molar-refractivity contribution in [1.82, 2.24) is 0 Å². The highest BCUT2D eigenvalue weighted by atomic mass is 17.2. The van der Waals surface area contributed by atoms with Gasteiger partial charge in [0.25, 0.3) is 0 Å². The van der Waals surface area contributed by atoms with Crippen molar-refractivity contribution in [3.8, 4) is 0 Å². The maximum atomic E-state index is 5.97. The van der Waals surface area contributed by atoms with Crippen molar-refractivity contribution in [3.63, 3.8) is 0 Å². The Morgan fingerprint density at radius 2 is 1.79 bits per heavy atom. The highest BCUT2D eigenvalue weighted by molar-refractivity contribution is 4.88. The Kier molecular flexibility index (Phi) is 5.44. The normalized spacial score (nSPS) is 31.4. The second-order valence-electron chi connectivity index (χ2n) is 7.48. The van der Waals surface area contributed by atoms with Gasteiger partial charge in [-0.15, -0.1) is 0 Å². The van der Waals surface area contributed by atoms with Crippen molar-refractivity contribution in [2.45, 2.75) is 85.5 Å². The highest BCUT2D eigenvalue weighted by Crippen LogP contribution is 2.46. The molecule has 3 nitrogen and oxygen atoms in total. The van der Waals surface area contributed by atoms with Gasteiger partial charge in [0.2, 0.25) is 5.79 Å². The lowest BCUT2D eigenvalue weighted by atomic mass is 9.70. The third kappa shape index (κ3) is 5.05. The van der Waals surface area contributed by atoms with Gasteiger partial charge in [0.1, 0.15) is 0 Å². The van der Waals surface area contributed by atoms with E-state index in [1.54, 1.807) is 0 Å². The van der Waals surface area contributed by atoms with Crippen LogP contribution in [0.5, 0.6) is 0 Å². The second kappa shape index (κ2) is 6.11. The molecule has 0 aromatic heterocycles. The smallest absolute Gasteiger partial charge is 0.202 e. The zero-order valence-electron chi connectivity index (χ0n) is 13.8. The van der Waals surface area contributed by atoms with Crippen LogP contribution in [0.1, 0.15) is 74.1 Å². The monoisotopic (exact) mass is 272 g/mol. The molecule has 0 aliphatic heterocycles. The fraction of sp³-hybridized carbons (Fsp3) is 1.00. The molecule has 0 aromatic carbocycles. The minimum Gasteiger partial charge on any atom is -0.348 e. The van der Waals surface area contributed by atoms with E-state index in [0.717, 1.165) is 19.3 Å². The highest BCUT2D eigenvalue weighted by Gasteiger charge is 2.46. The summed E-state index contributed by atoms with van der Waals surface area (Å²) >= 11 is 0. The molecule has 0 radical (unpaired) electrons. The molecule has 0 bridgehead atoms. The van der Waals surface area contributed by atoms with E-state index in [-0.39, 0.29) is 11.0 Å². The molecule has 1 aliphatic rings. The van der Waals surface area contributed by atoms with Crippen LogP contribution < -0.4 is 0 Å². The van der Waals surface area contributed by atoms with Gasteiger partial charge in [0, 0.05) is 19.4 Å². The molecule has 114 valence electrons. The predicted molar refractivity (Wildman–Crippen MR) is 77.7 cm³/mol. The van der Waals surface area contributed by atoms with Crippen molar-refractivity contribution < 1.29 is 14.5 Å². The summed E-state index contributed by atoms with van der Waals surface area (Å²) in [5, 5.41) is 0. The van der Waals surface area contributed by atoms with Crippen LogP contribution in [0.3, 0.4) is 0 Å². The van der Waals surface area contributed by atoms with Crippen LogP contribution in [0.4, 0.5) is 0 Å². The van der Waals surface area contributed by atoms with Crippen LogP contribution >= 0.6 is 0 Å². The van der Waals surface area contributed by atoms with Crippen molar-refractivity contribution in [2.75, 3.05) is 6.61 Å². The molecular weight excluding hydrogens is 240 g/mol. The molecule has 1 saturated carbocycles. The molecule has 0 amide bonds. The third-order valence-electron chi connectivity index (χ3n) is 3.99. The van der Waals surface area contributed by atoms with Crippen LogP contribution in [-0.2, 0) is 14.5 Å². The Morgan fingerprint density at radius 1 is 1.16 bits per heavy atom. The number of hydrogen-bond acceptors (Lipinski definition) is 3. The lowest BCUT2D eigenvalue weighted by Crippen LogP contribution is -2.47. The Labute approximate surface area is 118 Å². The zero-order valence-corrected chi connectivity index (χ0v) is 13.8. The van der Waals surface area contributed by atoms with Crippen molar-refractivity contribution >= 4 is 0 Å². The van der Waals surface area contributed by atoms with E-state index in [4.69, 9.17) is 14.5 Å². The molecule has 3 heteroatoms. The average molecular weight is 272 g/mol. The standard InChI is InChI=1S/C16H32O3/c1-8-15(6,7)18-19-16(17-9-2)11-13(3)10-14(4,5)12-16/h13H,8-12H2,1-7H3. The van der Waals surface area contributed by atoms with Crippen molar-refractivity contribution in [2.24, 2.45) is 11.3 Å². The summed E-state index contributed by atoms with van der Waals surface area (Å²) < 4.78 is 5.97. The van der Waals surface area contributed by atoms with Crippen molar-refractivity contribution in [3.05, 3.63) is 0 Å². The molecule has 2 unspecified atom stereocenters. The first-order valence-corrected chi connectivity index (χ1v) is 7.64. The fourth-order valence-corrected chi connectivity index (χ4v) is 3.13. The van der Waals surface area contributed by atoms with Gasteiger partial charge in [0.15, 0.2) is 0 Å². The number of hydrogen-bond donors (Lipinski definition) is 0. The molecule has 0 spiro atoms. The van der Waals surface area contributed by atoms with E-state index in [9.17, 15) is 0 Å². The quantitative estimate of drug-likeness (QED) is 0.398. The van der Waals surface area contributed by atoms with Gasteiger partial charge in [-0.05, 0) is 44.9 Å². The van der Waals surface area contributed by atoms with Crippen LogP contribution in [0.15, 0.2) is 0 Å². The first-order chi connectivity index (χ1) is 8.64. The minimum absolute atomic E-state index is 0.229. The summed E-state index contributed by atoms with van der Waals surface area (Å²) in [5.41, 5.74) is -0.0402. The van der Waals surface area contributed by atoms with Gasteiger partial charge in [-0.2, -0.15) is 0 Å². The van der Waals surface area contributed by atoms with Gasteiger partial charge in [-0.3, -0.25) is 0 Å². The SMILES string of the molecule is CCOC1(OOC(C)(C)CC)CC(C)CC(C)(C)C1. The molecular formula is C16H32O3. The first-order valence-electron chi connectivity index (χ1n) is 7.64. The molecule has 1 rings (SSSR count). The summed E-state index contributed by atoms with van der Waals surface area (Å²) in [6, 6.07) is 0. The van der Waals surface area contributed by atoms with E-state index in [1.807, 2.05) is 20.8 Å². The molecule has 2 atom stereocenters. The van der Waals surface area contributed by atoms with Gasteiger partial charge in [0.05, 0.1) is 5.60 Å². The first kappa shape index (κ1) is 16.9. The fourth-order valence-electron chi connectivity index (χ4n) is 3.13. The van der Waals surface area contributed by atoms with Gasteiger partial charge < -0.3 is 4.74 Å². The van der Waals surface area contributed by atoms with E-state index >= 15 is 0 Å². The molecule has 0 aromatic rings. The van der Waals surface area contributed by atoms with E-state index in [1.165, 1.54) is 6.42 Å². The lowest BCUT2D eigenvalue weighted by molar-refractivity contribution is -0.473. The molecule has 0 N–H and O–H groups in total. The number of ether oxygens (including phenoxy) is 1. The van der Waals surface area contributed by atoms with Crippen LogP contribution in [0.2, 0.25) is 0 Å². The Balaban J connectivity index is 2.78. The van der Waals surface area contributed by atoms with E-state index in [2.05, 4.69) is 27.7 Å². The Bertz CT molecular complexity index is 286. The molecule has 1 fully saturated rings. The summed E-state index contributed by atoms with van der Waals surface area (Å²) in [7, 11) is 0. The summed E-state index contributed by atoms with van der Waals surface area (Å²) in [5.74, 6) is 0.00571. The lowest BCUT2D eigenvalue weighted by Gasteiger charge is -2.46. The molecule has 0 heterocycles. The second-order valence-corrected chi connectivity index (χ2v) is 7.48. The van der Waals surface area contributed by atoms with Crippen LogP contribution in [0.25, 0.3) is 0 Å². The third-order valence-corrected chi connectivity index (χ3v) is 3.99. The zero-order chi connectivity index (χ0) is 14.7.